The van der Waals surface area contributed by atoms with Crippen LogP contribution in [0, 0.1) is 12.3 Å². The number of nitrogens with zero attached hydrogens (tertiary/aromatic N) is 1. The van der Waals surface area contributed by atoms with E-state index in [1.54, 1.807) is 24.4 Å². The van der Waals surface area contributed by atoms with Gasteiger partial charge < -0.3 is 5.11 Å². The molecule has 1 aromatic rings. The van der Waals surface area contributed by atoms with Gasteiger partial charge in [0.05, 0.1) is 5.69 Å². The maximum absolute atomic E-state index is 9.80. The Balaban J connectivity index is 3.06. The van der Waals surface area contributed by atoms with Crippen molar-refractivity contribution in [2.75, 3.05) is 0 Å². The number of aliphatic hydroxyl groups is 1. The van der Waals surface area contributed by atoms with Crippen molar-refractivity contribution in [2.45, 2.75) is 18.9 Å². The van der Waals surface area contributed by atoms with Crippen LogP contribution in [0.4, 0.5) is 0 Å². The average Bonchev–Trinajstić information content (AvgIpc) is 2.18. The molecule has 0 aliphatic heterocycles. The van der Waals surface area contributed by atoms with Crippen molar-refractivity contribution in [1.82, 2.24) is 4.98 Å². The molecule has 0 spiro atoms. The van der Waals surface area contributed by atoms with Gasteiger partial charge >= 0.3 is 0 Å². The molecule has 2 heteroatoms. The fourth-order valence-corrected chi connectivity index (χ4v) is 0.965. The molecular formula is C10H11NO. The zero-order chi connectivity index (χ0) is 9.03. The highest BCUT2D eigenvalue weighted by Gasteiger charge is 2.24. The van der Waals surface area contributed by atoms with Crippen LogP contribution in [-0.4, -0.2) is 10.1 Å². The summed E-state index contributed by atoms with van der Waals surface area (Å²) in [7, 11) is 0. The molecule has 0 aliphatic rings. The van der Waals surface area contributed by atoms with E-state index in [-0.39, 0.29) is 0 Å². The predicted octanol–water partition coefficient (Wildman–Crippen LogP) is 1.31. The quantitative estimate of drug-likeness (QED) is 0.663. The van der Waals surface area contributed by atoms with Crippen molar-refractivity contribution >= 4 is 0 Å². The molecule has 0 aliphatic carbocycles. The van der Waals surface area contributed by atoms with Gasteiger partial charge in [-0.2, -0.15) is 0 Å². The second-order valence-corrected chi connectivity index (χ2v) is 2.57. The second-order valence-electron chi connectivity index (χ2n) is 2.57. The summed E-state index contributed by atoms with van der Waals surface area (Å²) < 4.78 is 0. The molecule has 1 rings (SSSR count). The summed E-state index contributed by atoms with van der Waals surface area (Å²) in [6.07, 6.45) is 7.30. The minimum atomic E-state index is -1.21. The zero-order valence-corrected chi connectivity index (χ0v) is 6.99. The Labute approximate surface area is 72.3 Å². The van der Waals surface area contributed by atoms with Crippen LogP contribution < -0.4 is 0 Å². The third kappa shape index (κ3) is 1.46. The number of hydrogen-bond donors (Lipinski definition) is 1. The van der Waals surface area contributed by atoms with E-state index in [2.05, 4.69) is 10.9 Å². The van der Waals surface area contributed by atoms with E-state index in [0.29, 0.717) is 12.1 Å². The van der Waals surface area contributed by atoms with Crippen molar-refractivity contribution in [3.05, 3.63) is 30.1 Å². The normalized spacial score (nSPS) is 14.8. The molecule has 0 radical (unpaired) electrons. The Morgan fingerprint density at radius 1 is 1.67 bits per heavy atom. The van der Waals surface area contributed by atoms with Gasteiger partial charge in [0, 0.05) is 6.20 Å². The standard InChI is InChI=1S/C10H11NO/c1-3-10(12,4-2)9-7-5-6-8-11-9/h1,5-8,12H,4H2,2H3. The van der Waals surface area contributed by atoms with E-state index in [4.69, 9.17) is 6.42 Å². The molecule has 0 amide bonds. The molecule has 1 N–H and O–H groups in total. The van der Waals surface area contributed by atoms with Crippen LogP contribution >= 0.6 is 0 Å². The van der Waals surface area contributed by atoms with E-state index in [1.807, 2.05) is 6.92 Å². The minimum Gasteiger partial charge on any atom is -0.372 e. The summed E-state index contributed by atoms with van der Waals surface area (Å²) in [5.74, 6) is 2.34. The van der Waals surface area contributed by atoms with Crippen LogP contribution in [0.25, 0.3) is 0 Å². The fraction of sp³-hybridized carbons (Fsp3) is 0.300. The molecule has 0 fully saturated rings. The van der Waals surface area contributed by atoms with E-state index in [1.165, 1.54) is 0 Å². The van der Waals surface area contributed by atoms with Crippen molar-refractivity contribution in [1.29, 1.82) is 0 Å². The van der Waals surface area contributed by atoms with Crippen molar-refractivity contribution in [3.8, 4) is 12.3 Å². The lowest BCUT2D eigenvalue weighted by molar-refractivity contribution is 0.0914. The van der Waals surface area contributed by atoms with Gasteiger partial charge in [-0.25, -0.2) is 0 Å². The highest BCUT2D eigenvalue weighted by Crippen LogP contribution is 2.20. The first-order valence-electron chi connectivity index (χ1n) is 3.84. The van der Waals surface area contributed by atoms with Crippen LogP contribution in [-0.2, 0) is 5.60 Å². The number of terminal acetylenes is 1. The number of hydrogen-bond acceptors (Lipinski definition) is 2. The first-order valence-corrected chi connectivity index (χ1v) is 3.84. The SMILES string of the molecule is C#CC(O)(CC)c1ccccn1. The Bertz CT molecular complexity index is 288. The van der Waals surface area contributed by atoms with E-state index in [9.17, 15) is 5.11 Å². The smallest absolute Gasteiger partial charge is 0.167 e. The van der Waals surface area contributed by atoms with Crippen LogP contribution in [0.3, 0.4) is 0 Å². The fourth-order valence-electron chi connectivity index (χ4n) is 0.965. The maximum Gasteiger partial charge on any atom is 0.167 e. The largest absolute Gasteiger partial charge is 0.372 e. The molecule has 1 heterocycles. The third-order valence-corrected chi connectivity index (χ3v) is 1.84. The molecule has 0 aromatic carbocycles. The van der Waals surface area contributed by atoms with Crippen LogP contribution in [0.2, 0.25) is 0 Å². The Morgan fingerprint density at radius 3 is 2.83 bits per heavy atom. The summed E-state index contributed by atoms with van der Waals surface area (Å²) in [6, 6.07) is 5.32. The van der Waals surface area contributed by atoms with E-state index < -0.39 is 5.60 Å². The second kappa shape index (κ2) is 3.38. The highest BCUT2D eigenvalue weighted by molar-refractivity contribution is 5.23. The molecular weight excluding hydrogens is 150 g/mol. The summed E-state index contributed by atoms with van der Waals surface area (Å²) in [4.78, 5) is 4.00. The molecule has 1 atom stereocenters. The molecule has 0 saturated carbocycles. The molecule has 2 nitrogen and oxygen atoms in total. The summed E-state index contributed by atoms with van der Waals surface area (Å²) in [5, 5.41) is 9.80. The van der Waals surface area contributed by atoms with Crippen molar-refractivity contribution in [2.24, 2.45) is 0 Å². The lowest BCUT2D eigenvalue weighted by Gasteiger charge is -2.18. The van der Waals surface area contributed by atoms with Gasteiger partial charge in [0.2, 0.25) is 0 Å². The number of pyridine rings is 1. The first kappa shape index (κ1) is 8.76. The summed E-state index contributed by atoms with van der Waals surface area (Å²) in [5.41, 5.74) is -0.670. The Morgan fingerprint density at radius 2 is 2.42 bits per heavy atom. The monoisotopic (exact) mass is 161 g/mol. The van der Waals surface area contributed by atoms with Gasteiger partial charge in [-0.05, 0) is 18.6 Å². The third-order valence-electron chi connectivity index (χ3n) is 1.84. The van der Waals surface area contributed by atoms with Crippen molar-refractivity contribution in [3.63, 3.8) is 0 Å². The molecule has 1 aromatic heterocycles. The van der Waals surface area contributed by atoms with E-state index in [0.717, 1.165) is 0 Å². The lowest BCUT2D eigenvalue weighted by Crippen LogP contribution is -2.23. The lowest BCUT2D eigenvalue weighted by atomic mass is 9.97. The van der Waals surface area contributed by atoms with Crippen LogP contribution in [0.15, 0.2) is 24.4 Å². The van der Waals surface area contributed by atoms with Crippen LogP contribution in [0.5, 0.6) is 0 Å². The maximum atomic E-state index is 9.80. The predicted molar refractivity (Wildman–Crippen MR) is 47.3 cm³/mol. The number of aromatic nitrogens is 1. The number of rotatable bonds is 2. The zero-order valence-electron chi connectivity index (χ0n) is 6.99. The van der Waals surface area contributed by atoms with Gasteiger partial charge in [0.1, 0.15) is 0 Å². The van der Waals surface area contributed by atoms with Gasteiger partial charge in [-0.1, -0.05) is 18.9 Å². The Kier molecular flexibility index (Phi) is 2.47. The average molecular weight is 161 g/mol. The molecule has 0 bridgehead atoms. The molecule has 1 unspecified atom stereocenters. The Hall–Kier alpha value is -1.33. The van der Waals surface area contributed by atoms with Gasteiger partial charge in [-0.3, -0.25) is 4.98 Å². The molecule has 12 heavy (non-hydrogen) atoms. The van der Waals surface area contributed by atoms with Gasteiger partial charge in [-0.15, -0.1) is 6.42 Å². The van der Waals surface area contributed by atoms with Crippen LogP contribution in [0.1, 0.15) is 19.0 Å². The van der Waals surface area contributed by atoms with E-state index >= 15 is 0 Å². The van der Waals surface area contributed by atoms with Crippen molar-refractivity contribution < 1.29 is 5.11 Å². The van der Waals surface area contributed by atoms with Gasteiger partial charge in [0.25, 0.3) is 0 Å². The molecule has 62 valence electrons. The summed E-state index contributed by atoms with van der Waals surface area (Å²) in [6.45, 7) is 1.83. The summed E-state index contributed by atoms with van der Waals surface area (Å²) >= 11 is 0. The minimum absolute atomic E-state index is 0.473. The first-order chi connectivity index (χ1) is 5.73. The molecule has 0 saturated heterocycles. The van der Waals surface area contributed by atoms with Gasteiger partial charge in [0.15, 0.2) is 5.60 Å². The highest BCUT2D eigenvalue weighted by atomic mass is 16.3. The topological polar surface area (TPSA) is 33.1 Å².